The Labute approximate surface area is 96.5 Å². The fraction of sp³-hybridized carbons (Fsp3) is 0. The van der Waals surface area contributed by atoms with E-state index in [1.54, 1.807) is 0 Å². The van der Waals surface area contributed by atoms with E-state index in [1.807, 2.05) is 0 Å². The first-order valence-electron chi connectivity index (χ1n) is 3.31. The Balaban J connectivity index is 3.52. The number of nitro benzene ring substituents is 1. The maximum Gasteiger partial charge on any atom is 0.318 e. The molecule has 15 heavy (non-hydrogen) atoms. The molecule has 0 saturated carbocycles. The van der Waals surface area contributed by atoms with Gasteiger partial charge in [0.25, 0.3) is 9.05 Å². The third kappa shape index (κ3) is 2.64. The van der Waals surface area contributed by atoms with Gasteiger partial charge in [0.1, 0.15) is 0 Å². The van der Waals surface area contributed by atoms with Crippen molar-refractivity contribution in [3.63, 3.8) is 0 Å². The zero-order chi connectivity index (χ0) is 11.8. The predicted octanol–water partition coefficient (Wildman–Crippen LogP) is 2.42. The second-order valence-electron chi connectivity index (χ2n) is 2.43. The molecule has 0 N–H and O–H groups in total. The molecular formula is C6H2BrClFNO4S. The van der Waals surface area contributed by atoms with Crippen LogP contribution in [0.1, 0.15) is 0 Å². The van der Waals surface area contributed by atoms with E-state index >= 15 is 0 Å². The van der Waals surface area contributed by atoms with Crippen LogP contribution in [0.3, 0.4) is 0 Å². The van der Waals surface area contributed by atoms with Gasteiger partial charge in [0.05, 0.1) is 14.3 Å². The summed E-state index contributed by atoms with van der Waals surface area (Å²) < 4.78 is 34.5. The Kier molecular flexibility index (Phi) is 3.31. The lowest BCUT2D eigenvalue weighted by atomic mass is 10.3. The maximum atomic E-state index is 13.1. The fourth-order valence-corrected chi connectivity index (χ4v) is 2.36. The minimum absolute atomic E-state index is 0.285. The van der Waals surface area contributed by atoms with Gasteiger partial charge < -0.3 is 0 Å². The van der Waals surface area contributed by atoms with Crippen molar-refractivity contribution in [3.05, 3.63) is 32.5 Å². The summed E-state index contributed by atoms with van der Waals surface area (Å²) in [5.41, 5.74) is -0.834. The van der Waals surface area contributed by atoms with E-state index < -0.39 is 30.4 Å². The van der Waals surface area contributed by atoms with E-state index in [4.69, 9.17) is 10.7 Å². The molecule has 0 heterocycles. The van der Waals surface area contributed by atoms with Gasteiger partial charge in [-0.3, -0.25) is 10.1 Å². The molecule has 1 rings (SSSR count). The highest BCUT2D eigenvalue weighted by Crippen LogP contribution is 2.31. The van der Waals surface area contributed by atoms with Gasteiger partial charge in [-0.2, -0.15) is 4.39 Å². The topological polar surface area (TPSA) is 77.3 Å². The molecule has 0 aliphatic rings. The van der Waals surface area contributed by atoms with Crippen molar-refractivity contribution in [2.45, 2.75) is 4.90 Å². The van der Waals surface area contributed by atoms with Crippen molar-refractivity contribution >= 4 is 41.4 Å². The molecule has 0 spiro atoms. The molecule has 9 heteroatoms. The third-order valence-electron chi connectivity index (χ3n) is 1.45. The molecule has 1 aromatic rings. The zero-order valence-corrected chi connectivity index (χ0v) is 9.94. The molecule has 0 unspecified atom stereocenters. The van der Waals surface area contributed by atoms with E-state index in [0.717, 1.165) is 6.07 Å². The predicted molar refractivity (Wildman–Crippen MR) is 53.8 cm³/mol. The standard InChI is InChI=1S/C6H2BrClFNO4S/c7-4-1-3(15(8,13)14)2-5(9)6(4)10(11)12/h1-2H. The first kappa shape index (κ1) is 12.3. The molecule has 5 nitrogen and oxygen atoms in total. The van der Waals surface area contributed by atoms with Crippen molar-refractivity contribution < 1.29 is 17.7 Å². The first-order chi connectivity index (χ1) is 6.73. The van der Waals surface area contributed by atoms with Crippen LogP contribution < -0.4 is 0 Å². The highest BCUT2D eigenvalue weighted by Gasteiger charge is 2.23. The average Bonchev–Trinajstić information content (AvgIpc) is 1.99. The van der Waals surface area contributed by atoms with E-state index in [2.05, 4.69) is 15.9 Å². The first-order valence-corrected chi connectivity index (χ1v) is 6.42. The molecule has 0 aromatic heterocycles. The largest absolute Gasteiger partial charge is 0.318 e. The number of benzene rings is 1. The van der Waals surface area contributed by atoms with Crippen molar-refractivity contribution in [2.24, 2.45) is 0 Å². The van der Waals surface area contributed by atoms with Gasteiger partial charge >= 0.3 is 5.69 Å². The second kappa shape index (κ2) is 4.03. The lowest BCUT2D eigenvalue weighted by Gasteiger charge is -2.00. The van der Waals surface area contributed by atoms with Crippen molar-refractivity contribution in [3.8, 4) is 0 Å². The number of hydrogen-bond acceptors (Lipinski definition) is 4. The summed E-state index contributed by atoms with van der Waals surface area (Å²) in [7, 11) is 0.839. The highest BCUT2D eigenvalue weighted by atomic mass is 79.9. The molecule has 0 saturated heterocycles. The van der Waals surface area contributed by atoms with Crippen LogP contribution >= 0.6 is 26.6 Å². The smallest absolute Gasteiger partial charge is 0.258 e. The van der Waals surface area contributed by atoms with Gasteiger partial charge in [0.15, 0.2) is 0 Å². The van der Waals surface area contributed by atoms with E-state index in [1.165, 1.54) is 0 Å². The van der Waals surface area contributed by atoms with Crippen molar-refractivity contribution in [1.29, 1.82) is 0 Å². The molecule has 0 atom stereocenters. The van der Waals surface area contributed by atoms with E-state index in [-0.39, 0.29) is 4.47 Å². The molecular weight excluding hydrogens is 316 g/mol. The van der Waals surface area contributed by atoms with Crippen LogP contribution in [0.4, 0.5) is 10.1 Å². The van der Waals surface area contributed by atoms with Crippen molar-refractivity contribution in [1.82, 2.24) is 0 Å². The third-order valence-corrected chi connectivity index (χ3v) is 3.39. The van der Waals surface area contributed by atoms with Crippen LogP contribution in [-0.2, 0) is 9.05 Å². The minimum Gasteiger partial charge on any atom is -0.258 e. The SMILES string of the molecule is O=[N+]([O-])c1c(F)cc(S(=O)(=O)Cl)cc1Br. The highest BCUT2D eigenvalue weighted by molar-refractivity contribution is 9.10. The molecule has 0 aliphatic carbocycles. The Morgan fingerprint density at radius 2 is 2.00 bits per heavy atom. The average molecular weight is 319 g/mol. The molecule has 0 radical (unpaired) electrons. The van der Waals surface area contributed by atoms with E-state index in [9.17, 15) is 22.9 Å². The lowest BCUT2D eigenvalue weighted by Crippen LogP contribution is -1.98. The molecule has 82 valence electrons. The van der Waals surface area contributed by atoms with Crippen LogP contribution in [-0.4, -0.2) is 13.3 Å². The molecule has 0 amide bonds. The Bertz CT molecular complexity index is 509. The van der Waals surface area contributed by atoms with Crippen LogP contribution in [0.5, 0.6) is 0 Å². The second-order valence-corrected chi connectivity index (χ2v) is 5.85. The summed E-state index contributed by atoms with van der Waals surface area (Å²) in [5.74, 6) is -1.27. The fourth-order valence-electron chi connectivity index (χ4n) is 0.857. The summed E-state index contributed by atoms with van der Waals surface area (Å²) in [6.07, 6.45) is 0. The number of hydrogen-bond donors (Lipinski definition) is 0. The van der Waals surface area contributed by atoms with Crippen LogP contribution in [0.15, 0.2) is 21.5 Å². The van der Waals surface area contributed by atoms with Crippen molar-refractivity contribution in [2.75, 3.05) is 0 Å². The number of rotatable bonds is 2. The van der Waals surface area contributed by atoms with Gasteiger partial charge in [-0.05, 0) is 22.0 Å². The Hall–Kier alpha value is -0.730. The molecule has 1 aromatic carbocycles. The summed E-state index contributed by atoms with van der Waals surface area (Å²) >= 11 is 2.69. The van der Waals surface area contributed by atoms with Gasteiger partial charge in [-0.1, -0.05) is 0 Å². The summed E-state index contributed by atoms with van der Waals surface area (Å²) in [6, 6.07) is 1.36. The Morgan fingerprint density at radius 1 is 1.47 bits per heavy atom. The number of nitro groups is 1. The summed E-state index contributed by atoms with van der Waals surface area (Å²) in [6.45, 7) is 0. The molecule has 0 aliphatic heterocycles. The van der Waals surface area contributed by atoms with Crippen LogP contribution in [0.25, 0.3) is 0 Å². The van der Waals surface area contributed by atoms with Crippen LogP contribution in [0.2, 0.25) is 0 Å². The summed E-state index contributed by atoms with van der Waals surface area (Å²) in [5, 5.41) is 10.4. The normalized spacial score (nSPS) is 11.4. The van der Waals surface area contributed by atoms with Crippen LogP contribution in [0, 0.1) is 15.9 Å². The monoisotopic (exact) mass is 317 g/mol. The maximum absolute atomic E-state index is 13.1. The van der Waals surface area contributed by atoms with E-state index in [0.29, 0.717) is 6.07 Å². The quantitative estimate of drug-likeness (QED) is 0.476. The van der Waals surface area contributed by atoms with Gasteiger partial charge in [0, 0.05) is 16.7 Å². The molecule has 0 bridgehead atoms. The number of halogens is 3. The Morgan fingerprint density at radius 3 is 2.33 bits per heavy atom. The summed E-state index contributed by atoms with van der Waals surface area (Å²) in [4.78, 5) is 8.85. The number of nitrogens with zero attached hydrogens (tertiary/aromatic N) is 1. The zero-order valence-electron chi connectivity index (χ0n) is 6.78. The lowest BCUT2D eigenvalue weighted by molar-refractivity contribution is -0.388. The molecule has 0 fully saturated rings. The minimum atomic E-state index is -4.11. The van der Waals surface area contributed by atoms with Gasteiger partial charge in [-0.15, -0.1) is 0 Å². The van der Waals surface area contributed by atoms with Gasteiger partial charge in [0.2, 0.25) is 5.82 Å². The van der Waals surface area contributed by atoms with Gasteiger partial charge in [-0.25, -0.2) is 8.42 Å².